The van der Waals surface area contributed by atoms with Crippen molar-refractivity contribution in [3.8, 4) is 0 Å². The fourth-order valence-electron chi connectivity index (χ4n) is 2.64. The van der Waals surface area contributed by atoms with Gasteiger partial charge in [0.05, 0.1) is 12.2 Å². The number of hydrogen-bond acceptors (Lipinski definition) is 2. The van der Waals surface area contributed by atoms with Gasteiger partial charge in [0.2, 0.25) is 0 Å². The summed E-state index contributed by atoms with van der Waals surface area (Å²) < 4.78 is 5.15. The van der Waals surface area contributed by atoms with Gasteiger partial charge >= 0.3 is 5.97 Å². The molecule has 18 heavy (non-hydrogen) atoms. The molecule has 0 atom stereocenters. The quantitative estimate of drug-likeness (QED) is 0.897. The summed E-state index contributed by atoms with van der Waals surface area (Å²) in [6, 6.07) is 11.6. The van der Waals surface area contributed by atoms with Gasteiger partial charge in [-0.15, -0.1) is 0 Å². The average Bonchev–Trinajstić information content (AvgIpc) is 2.67. The Balaban J connectivity index is 2.39. The summed E-state index contributed by atoms with van der Waals surface area (Å²) in [5.41, 5.74) is 2.89. The fraction of sp³-hybridized carbons (Fsp3) is 0.133. The third-order valence-electron chi connectivity index (χ3n) is 3.30. The molecule has 90 valence electrons. The molecule has 1 aliphatic carbocycles. The summed E-state index contributed by atoms with van der Waals surface area (Å²) in [6.45, 7) is 0.315. The number of aliphatic carboxylic acids is 1. The Morgan fingerprint density at radius 2 is 1.83 bits per heavy atom. The van der Waals surface area contributed by atoms with E-state index >= 15 is 0 Å². The van der Waals surface area contributed by atoms with E-state index in [1.165, 1.54) is 0 Å². The van der Waals surface area contributed by atoms with Crippen LogP contribution >= 0.6 is 0 Å². The molecule has 0 radical (unpaired) electrons. The van der Waals surface area contributed by atoms with Crippen molar-refractivity contribution in [2.24, 2.45) is 0 Å². The molecule has 0 fully saturated rings. The fourth-order valence-corrected chi connectivity index (χ4v) is 2.64. The first-order valence-electron chi connectivity index (χ1n) is 5.72. The SMILES string of the molecule is COCC1=C(C(=O)O)c2cccc3cccc1c23. The van der Waals surface area contributed by atoms with Crippen LogP contribution in [0.15, 0.2) is 36.4 Å². The Morgan fingerprint density at radius 3 is 2.44 bits per heavy atom. The number of carboxylic acid groups (broad SMARTS) is 1. The van der Waals surface area contributed by atoms with Gasteiger partial charge in [-0.2, -0.15) is 0 Å². The summed E-state index contributed by atoms with van der Waals surface area (Å²) >= 11 is 0. The van der Waals surface area contributed by atoms with Gasteiger partial charge in [-0.25, -0.2) is 4.79 Å². The van der Waals surface area contributed by atoms with Crippen molar-refractivity contribution in [3.05, 3.63) is 47.5 Å². The second-order valence-corrected chi connectivity index (χ2v) is 4.30. The van der Waals surface area contributed by atoms with Crippen molar-refractivity contribution in [2.75, 3.05) is 13.7 Å². The molecule has 0 bridgehead atoms. The minimum absolute atomic E-state index is 0.315. The molecule has 0 spiro atoms. The molecule has 0 aromatic heterocycles. The van der Waals surface area contributed by atoms with E-state index < -0.39 is 5.97 Å². The van der Waals surface area contributed by atoms with Crippen LogP contribution in [0, 0.1) is 0 Å². The van der Waals surface area contributed by atoms with E-state index in [2.05, 4.69) is 0 Å². The summed E-state index contributed by atoms with van der Waals surface area (Å²) in [5.74, 6) is -0.897. The highest BCUT2D eigenvalue weighted by molar-refractivity contribution is 6.32. The number of rotatable bonds is 3. The van der Waals surface area contributed by atoms with E-state index in [9.17, 15) is 9.90 Å². The lowest BCUT2D eigenvalue weighted by atomic mass is 10.0. The van der Waals surface area contributed by atoms with E-state index in [0.29, 0.717) is 12.2 Å². The van der Waals surface area contributed by atoms with Gasteiger partial charge in [-0.1, -0.05) is 36.4 Å². The lowest BCUT2D eigenvalue weighted by molar-refractivity contribution is -0.130. The first-order valence-corrected chi connectivity index (χ1v) is 5.72. The maximum absolute atomic E-state index is 11.5. The molecule has 3 nitrogen and oxygen atoms in total. The average molecular weight is 240 g/mol. The predicted octanol–water partition coefficient (Wildman–Crippen LogP) is 2.80. The molecular weight excluding hydrogens is 228 g/mol. The van der Waals surface area contributed by atoms with Gasteiger partial charge < -0.3 is 9.84 Å². The third-order valence-corrected chi connectivity index (χ3v) is 3.30. The van der Waals surface area contributed by atoms with Gasteiger partial charge in [-0.3, -0.25) is 0 Å². The highest BCUT2D eigenvalue weighted by Gasteiger charge is 2.27. The summed E-state index contributed by atoms with van der Waals surface area (Å²) in [4.78, 5) is 11.5. The number of carboxylic acids is 1. The highest BCUT2D eigenvalue weighted by atomic mass is 16.5. The first kappa shape index (κ1) is 11.0. The van der Waals surface area contributed by atoms with Crippen molar-refractivity contribution in [2.45, 2.75) is 0 Å². The van der Waals surface area contributed by atoms with Crippen molar-refractivity contribution >= 4 is 27.9 Å². The Hall–Kier alpha value is -2.13. The van der Waals surface area contributed by atoms with Crippen LogP contribution in [-0.2, 0) is 9.53 Å². The highest BCUT2D eigenvalue weighted by Crippen LogP contribution is 2.41. The minimum atomic E-state index is -0.897. The number of carbonyl (C=O) groups is 1. The lowest BCUT2D eigenvalue weighted by Crippen LogP contribution is -2.02. The van der Waals surface area contributed by atoms with Crippen LogP contribution in [0.3, 0.4) is 0 Å². The molecule has 0 saturated heterocycles. The molecule has 0 unspecified atom stereocenters. The molecule has 2 aromatic rings. The standard InChI is InChI=1S/C15H12O3/c1-18-8-12-10-6-2-4-9-5-3-7-11(13(9)10)14(12)15(16)17/h2-7H,8H2,1H3,(H,16,17). The van der Waals surface area contributed by atoms with Crippen molar-refractivity contribution in [1.82, 2.24) is 0 Å². The Kier molecular flexibility index (Phi) is 2.42. The molecule has 0 amide bonds. The van der Waals surface area contributed by atoms with Crippen molar-refractivity contribution in [1.29, 1.82) is 0 Å². The Bertz CT molecular complexity index is 678. The van der Waals surface area contributed by atoms with Crippen LogP contribution in [0.4, 0.5) is 0 Å². The minimum Gasteiger partial charge on any atom is -0.478 e. The van der Waals surface area contributed by atoms with E-state index in [1.54, 1.807) is 7.11 Å². The number of ether oxygens (including phenoxy) is 1. The van der Waals surface area contributed by atoms with Crippen molar-refractivity contribution < 1.29 is 14.6 Å². The van der Waals surface area contributed by atoms with Crippen LogP contribution in [0.1, 0.15) is 11.1 Å². The molecule has 3 rings (SSSR count). The third kappa shape index (κ3) is 1.38. The van der Waals surface area contributed by atoms with Crippen LogP contribution < -0.4 is 0 Å². The maximum atomic E-state index is 11.5. The van der Waals surface area contributed by atoms with E-state index in [0.717, 1.165) is 27.5 Å². The zero-order valence-corrected chi connectivity index (χ0v) is 9.93. The first-order chi connectivity index (χ1) is 8.74. The monoisotopic (exact) mass is 240 g/mol. The second-order valence-electron chi connectivity index (χ2n) is 4.30. The van der Waals surface area contributed by atoms with E-state index in [4.69, 9.17) is 4.74 Å². The topological polar surface area (TPSA) is 46.5 Å². The molecular formula is C15H12O3. The lowest BCUT2D eigenvalue weighted by Gasteiger charge is -2.05. The van der Waals surface area contributed by atoms with Gasteiger partial charge in [-0.05, 0) is 21.9 Å². The zero-order valence-electron chi connectivity index (χ0n) is 9.93. The number of hydrogen-bond donors (Lipinski definition) is 1. The smallest absolute Gasteiger partial charge is 0.336 e. The maximum Gasteiger partial charge on any atom is 0.336 e. The molecule has 3 heteroatoms. The molecule has 1 N–H and O–H groups in total. The molecule has 0 heterocycles. The van der Waals surface area contributed by atoms with Gasteiger partial charge in [0.25, 0.3) is 0 Å². The van der Waals surface area contributed by atoms with Gasteiger partial charge in [0.1, 0.15) is 0 Å². The van der Waals surface area contributed by atoms with E-state index in [-0.39, 0.29) is 0 Å². The van der Waals surface area contributed by atoms with Crippen LogP contribution in [0.5, 0.6) is 0 Å². The summed E-state index contributed by atoms with van der Waals surface area (Å²) in [5, 5.41) is 11.5. The van der Waals surface area contributed by atoms with Gasteiger partial charge in [0.15, 0.2) is 0 Å². The molecule has 1 aliphatic rings. The van der Waals surface area contributed by atoms with Gasteiger partial charge in [0, 0.05) is 12.7 Å². The number of benzene rings is 2. The second kappa shape index (κ2) is 3.96. The molecule has 0 aliphatic heterocycles. The van der Waals surface area contributed by atoms with Crippen molar-refractivity contribution in [3.63, 3.8) is 0 Å². The van der Waals surface area contributed by atoms with Crippen LogP contribution in [0.2, 0.25) is 0 Å². The summed E-state index contributed by atoms with van der Waals surface area (Å²) in [7, 11) is 1.58. The summed E-state index contributed by atoms with van der Waals surface area (Å²) in [6.07, 6.45) is 0. The Labute approximate surface area is 104 Å². The predicted molar refractivity (Wildman–Crippen MR) is 70.3 cm³/mol. The number of methoxy groups -OCH3 is 1. The molecule has 0 saturated carbocycles. The molecule has 2 aromatic carbocycles. The normalized spacial score (nSPS) is 13.4. The van der Waals surface area contributed by atoms with Crippen LogP contribution in [0.25, 0.3) is 21.9 Å². The van der Waals surface area contributed by atoms with E-state index in [1.807, 2.05) is 36.4 Å². The van der Waals surface area contributed by atoms with Crippen LogP contribution in [-0.4, -0.2) is 24.8 Å². The zero-order chi connectivity index (χ0) is 12.7. The largest absolute Gasteiger partial charge is 0.478 e. The Morgan fingerprint density at radius 1 is 1.17 bits per heavy atom.